The molecule has 0 aliphatic heterocycles. The highest BCUT2D eigenvalue weighted by Gasteiger charge is 2.17. The summed E-state index contributed by atoms with van der Waals surface area (Å²) in [4.78, 5) is 24.4. The van der Waals surface area contributed by atoms with Crippen molar-refractivity contribution in [1.29, 1.82) is 0 Å². The van der Waals surface area contributed by atoms with Crippen molar-refractivity contribution in [3.63, 3.8) is 0 Å². The number of anilines is 1. The summed E-state index contributed by atoms with van der Waals surface area (Å²) in [5.74, 6) is -0.764. The predicted molar refractivity (Wildman–Crippen MR) is 93.8 cm³/mol. The van der Waals surface area contributed by atoms with Gasteiger partial charge in [-0.05, 0) is 36.4 Å². The minimum Gasteiger partial charge on any atom is -0.452 e. The zero-order chi connectivity index (χ0) is 17.5. The number of carbonyl (C=O) groups excluding carboxylic acids is 2. The number of esters is 1. The van der Waals surface area contributed by atoms with Crippen molar-refractivity contribution in [3.8, 4) is 0 Å². The Morgan fingerprint density at radius 2 is 1.79 bits per heavy atom. The number of hydrogen-bond acceptors (Lipinski definition) is 4. The molecule has 2 rings (SSSR count). The molecule has 5 nitrogen and oxygen atoms in total. The van der Waals surface area contributed by atoms with Crippen LogP contribution in [0.15, 0.2) is 53.4 Å². The average Bonchev–Trinajstić information content (AvgIpc) is 2.61. The van der Waals surface area contributed by atoms with Gasteiger partial charge in [-0.3, -0.25) is 9.00 Å². The molecule has 2 aromatic rings. The quantitative estimate of drug-likeness (QED) is 0.797. The molecule has 0 fully saturated rings. The first-order valence-corrected chi connectivity index (χ1v) is 8.91. The maximum absolute atomic E-state index is 12.1. The Hall–Kier alpha value is -2.18. The van der Waals surface area contributed by atoms with Crippen LogP contribution in [0.1, 0.15) is 17.3 Å². The number of benzene rings is 2. The van der Waals surface area contributed by atoms with Crippen LogP contribution in [-0.4, -0.2) is 28.4 Å². The van der Waals surface area contributed by atoms with Gasteiger partial charge in [0, 0.05) is 16.5 Å². The standard InChI is InChI=1S/C17H16ClNO4S/c1-2-24(22)15-6-4-3-5-14(15)17(21)23-11-16(20)19-13-9-7-12(18)8-10-13/h3-10H,2,11H2,1H3,(H,19,20)/t24-/m0/s1. The summed E-state index contributed by atoms with van der Waals surface area (Å²) in [7, 11) is -1.28. The van der Waals surface area contributed by atoms with Crippen LogP contribution >= 0.6 is 11.6 Å². The lowest BCUT2D eigenvalue weighted by atomic mass is 10.2. The molecule has 0 saturated heterocycles. The summed E-state index contributed by atoms with van der Waals surface area (Å²) < 4.78 is 17.0. The van der Waals surface area contributed by atoms with Crippen molar-refractivity contribution in [2.24, 2.45) is 0 Å². The highest BCUT2D eigenvalue weighted by atomic mass is 35.5. The van der Waals surface area contributed by atoms with Gasteiger partial charge in [0.15, 0.2) is 6.61 Å². The maximum Gasteiger partial charge on any atom is 0.339 e. The van der Waals surface area contributed by atoms with Gasteiger partial charge in [-0.25, -0.2) is 4.79 Å². The maximum atomic E-state index is 12.1. The summed E-state index contributed by atoms with van der Waals surface area (Å²) in [6.07, 6.45) is 0. The van der Waals surface area contributed by atoms with Crippen molar-refractivity contribution < 1.29 is 18.5 Å². The highest BCUT2D eigenvalue weighted by molar-refractivity contribution is 7.85. The summed E-state index contributed by atoms with van der Waals surface area (Å²) >= 11 is 5.76. The van der Waals surface area contributed by atoms with E-state index in [-0.39, 0.29) is 5.56 Å². The van der Waals surface area contributed by atoms with Crippen LogP contribution in [0.2, 0.25) is 5.02 Å². The second kappa shape index (κ2) is 8.61. The van der Waals surface area contributed by atoms with E-state index < -0.39 is 29.3 Å². The topological polar surface area (TPSA) is 72.5 Å². The first kappa shape index (κ1) is 18.2. The van der Waals surface area contributed by atoms with Crippen LogP contribution in [0.3, 0.4) is 0 Å². The molecular weight excluding hydrogens is 350 g/mol. The number of rotatable bonds is 6. The average molecular weight is 366 g/mol. The SMILES string of the molecule is CC[S@](=O)c1ccccc1C(=O)OCC(=O)Nc1ccc(Cl)cc1. The Kier molecular flexibility index (Phi) is 6.52. The van der Waals surface area contributed by atoms with E-state index in [0.717, 1.165) is 0 Å². The summed E-state index contributed by atoms with van der Waals surface area (Å²) in [5, 5.41) is 3.15. The van der Waals surface area contributed by atoms with E-state index in [1.807, 2.05) is 0 Å². The van der Waals surface area contributed by atoms with Crippen molar-refractivity contribution >= 4 is 40.0 Å². The molecule has 0 radical (unpaired) electrons. The van der Waals surface area contributed by atoms with Crippen LogP contribution in [-0.2, 0) is 20.3 Å². The Bertz CT molecular complexity index is 761. The molecule has 24 heavy (non-hydrogen) atoms. The summed E-state index contributed by atoms with van der Waals surface area (Å²) in [5.41, 5.74) is 0.755. The summed E-state index contributed by atoms with van der Waals surface area (Å²) in [6.45, 7) is 1.33. The molecule has 0 bridgehead atoms. The zero-order valence-corrected chi connectivity index (χ0v) is 14.5. The minimum atomic E-state index is -1.28. The van der Waals surface area contributed by atoms with E-state index in [1.165, 1.54) is 6.07 Å². The number of carbonyl (C=O) groups is 2. The van der Waals surface area contributed by atoms with Gasteiger partial charge in [0.2, 0.25) is 0 Å². The molecule has 0 spiro atoms. The van der Waals surface area contributed by atoms with E-state index in [4.69, 9.17) is 16.3 Å². The Labute approximate surface area is 147 Å². The van der Waals surface area contributed by atoms with E-state index in [9.17, 15) is 13.8 Å². The van der Waals surface area contributed by atoms with Crippen molar-refractivity contribution in [1.82, 2.24) is 0 Å². The third kappa shape index (κ3) is 4.91. The van der Waals surface area contributed by atoms with Gasteiger partial charge in [-0.15, -0.1) is 0 Å². The highest BCUT2D eigenvalue weighted by Crippen LogP contribution is 2.16. The smallest absolute Gasteiger partial charge is 0.339 e. The number of amides is 1. The van der Waals surface area contributed by atoms with Crippen LogP contribution in [0.25, 0.3) is 0 Å². The van der Waals surface area contributed by atoms with E-state index in [2.05, 4.69) is 5.32 Å². The van der Waals surface area contributed by atoms with Gasteiger partial charge in [0.25, 0.3) is 5.91 Å². The summed E-state index contributed by atoms with van der Waals surface area (Å²) in [6, 6.07) is 13.1. The van der Waals surface area contributed by atoms with Crippen LogP contribution < -0.4 is 5.32 Å². The molecule has 0 saturated carbocycles. The number of nitrogens with one attached hydrogen (secondary N) is 1. The van der Waals surface area contributed by atoms with Gasteiger partial charge in [0.05, 0.1) is 21.3 Å². The molecule has 1 N–H and O–H groups in total. The second-order valence-corrected chi connectivity index (χ2v) is 6.91. The van der Waals surface area contributed by atoms with E-state index >= 15 is 0 Å². The third-order valence-corrected chi connectivity index (χ3v) is 4.70. The Morgan fingerprint density at radius 3 is 2.46 bits per heavy atom. The molecule has 0 aliphatic rings. The van der Waals surface area contributed by atoms with Crippen molar-refractivity contribution in [2.75, 3.05) is 17.7 Å². The van der Waals surface area contributed by atoms with Gasteiger partial charge >= 0.3 is 5.97 Å². The Morgan fingerprint density at radius 1 is 1.12 bits per heavy atom. The second-order valence-electron chi connectivity index (χ2n) is 4.76. The van der Waals surface area contributed by atoms with Crippen molar-refractivity contribution in [2.45, 2.75) is 11.8 Å². The van der Waals surface area contributed by atoms with Crippen LogP contribution in [0, 0.1) is 0 Å². The van der Waals surface area contributed by atoms with E-state index in [0.29, 0.717) is 21.4 Å². The van der Waals surface area contributed by atoms with Gasteiger partial charge < -0.3 is 10.1 Å². The number of hydrogen-bond donors (Lipinski definition) is 1. The number of halogens is 1. The van der Waals surface area contributed by atoms with Crippen molar-refractivity contribution in [3.05, 3.63) is 59.1 Å². The lowest BCUT2D eigenvalue weighted by molar-refractivity contribution is -0.119. The molecule has 1 atom stereocenters. The first-order valence-electron chi connectivity index (χ1n) is 7.21. The molecule has 7 heteroatoms. The number of ether oxygens (including phenoxy) is 1. The zero-order valence-electron chi connectivity index (χ0n) is 13.0. The molecule has 1 amide bonds. The third-order valence-electron chi connectivity index (χ3n) is 3.08. The molecule has 126 valence electrons. The predicted octanol–water partition coefficient (Wildman–Crippen LogP) is 3.26. The van der Waals surface area contributed by atoms with Gasteiger partial charge in [-0.2, -0.15) is 0 Å². The minimum absolute atomic E-state index is 0.206. The largest absolute Gasteiger partial charge is 0.452 e. The fraction of sp³-hybridized carbons (Fsp3) is 0.176. The van der Waals surface area contributed by atoms with Crippen LogP contribution in [0.4, 0.5) is 5.69 Å². The molecule has 2 aromatic carbocycles. The lowest BCUT2D eigenvalue weighted by Crippen LogP contribution is -2.21. The van der Waals surface area contributed by atoms with Crippen LogP contribution in [0.5, 0.6) is 0 Å². The molecule has 0 heterocycles. The first-order chi connectivity index (χ1) is 11.5. The fourth-order valence-corrected chi connectivity index (χ4v) is 2.99. The molecule has 0 unspecified atom stereocenters. The molecular formula is C17H16ClNO4S. The Balaban J connectivity index is 1.97. The lowest BCUT2D eigenvalue weighted by Gasteiger charge is -2.09. The molecule has 0 aliphatic carbocycles. The fourth-order valence-electron chi connectivity index (χ4n) is 1.93. The van der Waals surface area contributed by atoms with Gasteiger partial charge in [-0.1, -0.05) is 30.7 Å². The normalized spacial score (nSPS) is 11.6. The van der Waals surface area contributed by atoms with Gasteiger partial charge in [0.1, 0.15) is 0 Å². The van der Waals surface area contributed by atoms with E-state index in [1.54, 1.807) is 49.4 Å². The monoisotopic (exact) mass is 365 g/mol. The molecule has 0 aromatic heterocycles.